The molecule has 0 fully saturated rings. The van der Waals surface area contributed by atoms with Crippen molar-refractivity contribution in [3.8, 4) is 0 Å². The third-order valence-corrected chi connectivity index (χ3v) is 2.18. The minimum atomic E-state index is 0.604. The second-order valence-corrected chi connectivity index (χ2v) is 3.76. The lowest BCUT2D eigenvalue weighted by molar-refractivity contribution is 0.300. The van der Waals surface area contributed by atoms with Crippen LogP contribution in [0.5, 0.6) is 0 Å². The second-order valence-electron chi connectivity index (χ2n) is 3.76. The Morgan fingerprint density at radius 2 is 2.00 bits per heavy atom. The van der Waals surface area contributed by atoms with Gasteiger partial charge in [-0.05, 0) is 24.7 Å². The summed E-state index contributed by atoms with van der Waals surface area (Å²) in [5.41, 5.74) is 1.22. The fourth-order valence-electron chi connectivity index (χ4n) is 1.50. The monoisotopic (exact) mass is 218 g/mol. The molecule has 0 aliphatic heterocycles. The summed E-state index contributed by atoms with van der Waals surface area (Å²) in [5, 5.41) is 3.86. The van der Waals surface area contributed by atoms with Crippen molar-refractivity contribution in [2.24, 2.45) is 0 Å². The van der Waals surface area contributed by atoms with Crippen LogP contribution in [0.4, 0.5) is 0 Å². The molecule has 0 saturated heterocycles. The van der Waals surface area contributed by atoms with Crippen LogP contribution in [0, 0.1) is 6.92 Å². The van der Waals surface area contributed by atoms with Gasteiger partial charge in [-0.2, -0.15) is 4.98 Å². The molecule has 0 unspecified atom stereocenters. The number of aryl methyl sites for hydroxylation is 1. The fraction of sp³-hybridized carbons (Fsp3) is 0.364. The van der Waals surface area contributed by atoms with E-state index in [1.807, 2.05) is 19.2 Å². The quantitative estimate of drug-likeness (QED) is 0.776. The molecule has 2 rings (SSSR count). The molecule has 0 aliphatic rings. The van der Waals surface area contributed by atoms with Crippen LogP contribution in [-0.4, -0.2) is 27.1 Å². The zero-order chi connectivity index (χ0) is 11.4. The third kappa shape index (κ3) is 2.87. The minimum absolute atomic E-state index is 0.604. The van der Waals surface area contributed by atoms with Crippen LogP contribution in [0.25, 0.3) is 0 Å². The lowest BCUT2D eigenvalue weighted by Gasteiger charge is -2.13. The van der Waals surface area contributed by atoms with Gasteiger partial charge in [0.15, 0.2) is 5.82 Å². The van der Waals surface area contributed by atoms with Crippen molar-refractivity contribution in [2.45, 2.75) is 20.0 Å². The first-order valence-electron chi connectivity index (χ1n) is 5.10. The van der Waals surface area contributed by atoms with Crippen molar-refractivity contribution in [3.05, 3.63) is 41.8 Å². The van der Waals surface area contributed by atoms with E-state index in [0.29, 0.717) is 18.3 Å². The molecule has 84 valence electrons. The summed E-state index contributed by atoms with van der Waals surface area (Å²) < 4.78 is 4.92. The number of pyridine rings is 1. The summed E-state index contributed by atoms with van der Waals surface area (Å²) >= 11 is 0. The van der Waals surface area contributed by atoms with Gasteiger partial charge in [0.05, 0.1) is 6.54 Å². The number of hydrogen-bond acceptors (Lipinski definition) is 5. The van der Waals surface area contributed by atoms with E-state index in [1.54, 1.807) is 19.3 Å². The summed E-state index contributed by atoms with van der Waals surface area (Å²) in [4.78, 5) is 10.3. The number of rotatable bonds is 4. The largest absolute Gasteiger partial charge is 0.340 e. The maximum Gasteiger partial charge on any atom is 0.223 e. The second kappa shape index (κ2) is 4.85. The van der Waals surface area contributed by atoms with Crippen LogP contribution < -0.4 is 0 Å². The SMILES string of the molecule is Cc1nc(CN(C)Cc2ccncc2)no1. The van der Waals surface area contributed by atoms with Gasteiger partial charge in [0, 0.05) is 25.9 Å². The maximum absolute atomic E-state index is 4.92. The topological polar surface area (TPSA) is 55.1 Å². The van der Waals surface area contributed by atoms with Crippen molar-refractivity contribution in [2.75, 3.05) is 7.05 Å². The zero-order valence-electron chi connectivity index (χ0n) is 9.42. The Morgan fingerprint density at radius 3 is 2.62 bits per heavy atom. The van der Waals surface area contributed by atoms with E-state index in [-0.39, 0.29) is 0 Å². The lowest BCUT2D eigenvalue weighted by Crippen LogP contribution is -2.18. The van der Waals surface area contributed by atoms with Gasteiger partial charge in [0.25, 0.3) is 0 Å². The standard InChI is InChI=1S/C11H14N4O/c1-9-13-11(14-16-9)8-15(2)7-10-3-5-12-6-4-10/h3-6H,7-8H2,1-2H3. The third-order valence-electron chi connectivity index (χ3n) is 2.18. The molecule has 0 spiro atoms. The molecule has 0 radical (unpaired) electrons. The maximum atomic E-state index is 4.92. The highest BCUT2D eigenvalue weighted by atomic mass is 16.5. The first-order valence-corrected chi connectivity index (χ1v) is 5.10. The Morgan fingerprint density at radius 1 is 1.25 bits per heavy atom. The molecule has 0 amide bonds. The van der Waals surface area contributed by atoms with Crippen molar-refractivity contribution in [1.82, 2.24) is 20.0 Å². The number of aromatic nitrogens is 3. The van der Waals surface area contributed by atoms with Crippen LogP contribution >= 0.6 is 0 Å². The van der Waals surface area contributed by atoms with Crippen LogP contribution in [0.3, 0.4) is 0 Å². The van der Waals surface area contributed by atoms with Gasteiger partial charge >= 0.3 is 0 Å². The van der Waals surface area contributed by atoms with Crippen LogP contribution in [0.15, 0.2) is 29.0 Å². The van der Waals surface area contributed by atoms with Gasteiger partial charge in [-0.1, -0.05) is 5.16 Å². The number of hydrogen-bond donors (Lipinski definition) is 0. The summed E-state index contributed by atoms with van der Waals surface area (Å²) in [6.07, 6.45) is 3.59. The molecular weight excluding hydrogens is 204 g/mol. The van der Waals surface area contributed by atoms with Gasteiger partial charge in [-0.25, -0.2) is 0 Å². The summed E-state index contributed by atoms with van der Waals surface area (Å²) in [6.45, 7) is 3.31. The molecule has 2 aromatic rings. The van der Waals surface area contributed by atoms with Gasteiger partial charge in [0.2, 0.25) is 5.89 Å². The van der Waals surface area contributed by atoms with E-state index in [4.69, 9.17) is 4.52 Å². The van der Waals surface area contributed by atoms with E-state index in [9.17, 15) is 0 Å². The molecule has 2 heterocycles. The van der Waals surface area contributed by atoms with Gasteiger partial charge in [0.1, 0.15) is 0 Å². The predicted molar refractivity (Wildman–Crippen MR) is 58.4 cm³/mol. The van der Waals surface area contributed by atoms with Crippen LogP contribution in [0.1, 0.15) is 17.3 Å². The van der Waals surface area contributed by atoms with E-state index in [0.717, 1.165) is 6.54 Å². The Balaban J connectivity index is 1.92. The molecule has 5 nitrogen and oxygen atoms in total. The van der Waals surface area contributed by atoms with Gasteiger partial charge in [-0.3, -0.25) is 9.88 Å². The van der Waals surface area contributed by atoms with Crippen molar-refractivity contribution in [1.29, 1.82) is 0 Å². The van der Waals surface area contributed by atoms with E-state index < -0.39 is 0 Å². The van der Waals surface area contributed by atoms with Crippen molar-refractivity contribution >= 4 is 0 Å². The zero-order valence-corrected chi connectivity index (χ0v) is 9.42. The molecule has 0 aromatic carbocycles. The molecule has 0 saturated carbocycles. The smallest absolute Gasteiger partial charge is 0.223 e. The fourth-order valence-corrected chi connectivity index (χ4v) is 1.50. The Labute approximate surface area is 94.1 Å². The number of nitrogens with zero attached hydrogens (tertiary/aromatic N) is 4. The van der Waals surface area contributed by atoms with Crippen molar-refractivity contribution < 1.29 is 4.52 Å². The lowest BCUT2D eigenvalue weighted by atomic mass is 10.2. The minimum Gasteiger partial charge on any atom is -0.340 e. The summed E-state index contributed by atoms with van der Waals surface area (Å²) in [7, 11) is 2.02. The average Bonchev–Trinajstić information content (AvgIpc) is 2.65. The van der Waals surface area contributed by atoms with Crippen LogP contribution in [0.2, 0.25) is 0 Å². The Hall–Kier alpha value is -1.75. The van der Waals surface area contributed by atoms with E-state index in [2.05, 4.69) is 20.0 Å². The van der Waals surface area contributed by atoms with Crippen LogP contribution in [-0.2, 0) is 13.1 Å². The molecular formula is C11H14N4O. The van der Waals surface area contributed by atoms with Gasteiger partial charge in [-0.15, -0.1) is 0 Å². The van der Waals surface area contributed by atoms with E-state index >= 15 is 0 Å². The first-order chi connectivity index (χ1) is 7.74. The molecule has 2 aromatic heterocycles. The first kappa shape index (κ1) is 10.8. The molecule has 0 aliphatic carbocycles. The molecule has 16 heavy (non-hydrogen) atoms. The molecule has 0 atom stereocenters. The molecule has 0 bridgehead atoms. The summed E-state index contributed by atoms with van der Waals surface area (Å²) in [5.74, 6) is 1.32. The predicted octanol–water partition coefficient (Wildman–Crippen LogP) is 1.41. The highest BCUT2D eigenvalue weighted by molar-refractivity contribution is 5.09. The van der Waals surface area contributed by atoms with E-state index in [1.165, 1.54) is 5.56 Å². The highest BCUT2D eigenvalue weighted by Crippen LogP contribution is 2.04. The Bertz CT molecular complexity index is 440. The average molecular weight is 218 g/mol. The molecule has 5 heteroatoms. The normalized spacial score (nSPS) is 10.9. The van der Waals surface area contributed by atoms with Gasteiger partial charge < -0.3 is 4.52 Å². The highest BCUT2D eigenvalue weighted by Gasteiger charge is 2.06. The Kier molecular flexibility index (Phi) is 3.26. The summed E-state index contributed by atoms with van der Waals surface area (Å²) in [6, 6.07) is 4.00. The van der Waals surface area contributed by atoms with Crippen molar-refractivity contribution in [3.63, 3.8) is 0 Å². The molecule has 0 N–H and O–H groups in total.